The van der Waals surface area contributed by atoms with Gasteiger partial charge in [0, 0.05) is 25.5 Å². The van der Waals surface area contributed by atoms with E-state index >= 15 is 0 Å². The Labute approximate surface area is 184 Å². The number of aromatic nitrogens is 4. The van der Waals surface area contributed by atoms with Gasteiger partial charge in [-0.1, -0.05) is 46.2 Å². The first-order valence-electron chi connectivity index (χ1n) is 10.6. The molecule has 0 saturated heterocycles. The zero-order valence-corrected chi connectivity index (χ0v) is 19.3. The summed E-state index contributed by atoms with van der Waals surface area (Å²) in [5.41, 5.74) is 3.59. The van der Waals surface area contributed by atoms with Gasteiger partial charge in [-0.15, -0.1) is 0 Å². The van der Waals surface area contributed by atoms with Crippen molar-refractivity contribution in [2.24, 2.45) is 7.05 Å². The SMILES string of the molecule is CC.CCC.Cc1cccc(Nc2nccc(-c3cc(C(=O)NCCO)n(C)n3)n2)c1. The van der Waals surface area contributed by atoms with Crippen molar-refractivity contribution in [3.05, 3.63) is 53.9 Å². The molecule has 1 aromatic carbocycles. The Morgan fingerprint density at radius 3 is 2.48 bits per heavy atom. The Bertz CT molecular complexity index is 939. The highest BCUT2D eigenvalue weighted by molar-refractivity contribution is 5.93. The van der Waals surface area contributed by atoms with E-state index in [1.165, 1.54) is 11.1 Å². The second-order valence-electron chi connectivity index (χ2n) is 6.49. The zero-order valence-electron chi connectivity index (χ0n) is 19.3. The van der Waals surface area contributed by atoms with Gasteiger partial charge < -0.3 is 15.7 Å². The number of nitrogens with one attached hydrogen (secondary N) is 2. The molecular formula is C23H34N6O2. The van der Waals surface area contributed by atoms with Crippen LogP contribution in [0.4, 0.5) is 11.6 Å². The molecule has 3 N–H and O–H groups in total. The van der Waals surface area contributed by atoms with Crippen LogP contribution < -0.4 is 10.6 Å². The number of aliphatic hydroxyl groups is 1. The van der Waals surface area contributed by atoms with Crippen LogP contribution in [-0.2, 0) is 7.05 Å². The van der Waals surface area contributed by atoms with Crippen LogP contribution in [0.1, 0.15) is 50.2 Å². The maximum atomic E-state index is 12.1. The first kappa shape index (κ1) is 25.8. The number of benzene rings is 1. The minimum atomic E-state index is -0.299. The average molecular weight is 427 g/mol. The smallest absolute Gasteiger partial charge is 0.269 e. The molecule has 8 nitrogen and oxygen atoms in total. The molecule has 0 fully saturated rings. The van der Waals surface area contributed by atoms with Gasteiger partial charge in [0.2, 0.25) is 5.95 Å². The normalized spacial score (nSPS) is 9.65. The molecule has 2 heterocycles. The molecule has 3 aromatic rings. The number of carbonyl (C=O) groups is 1. The van der Waals surface area contributed by atoms with Crippen molar-refractivity contribution in [1.82, 2.24) is 25.1 Å². The lowest BCUT2D eigenvalue weighted by Crippen LogP contribution is -2.28. The van der Waals surface area contributed by atoms with Gasteiger partial charge in [-0.05, 0) is 36.8 Å². The van der Waals surface area contributed by atoms with E-state index in [-0.39, 0.29) is 19.1 Å². The summed E-state index contributed by atoms with van der Waals surface area (Å²) in [7, 11) is 1.68. The quantitative estimate of drug-likeness (QED) is 0.548. The maximum Gasteiger partial charge on any atom is 0.269 e. The van der Waals surface area contributed by atoms with Gasteiger partial charge in [-0.25, -0.2) is 9.97 Å². The number of hydrogen-bond acceptors (Lipinski definition) is 6. The number of anilines is 2. The van der Waals surface area contributed by atoms with Gasteiger partial charge >= 0.3 is 0 Å². The van der Waals surface area contributed by atoms with E-state index in [0.29, 0.717) is 23.0 Å². The molecule has 0 atom stereocenters. The third-order valence-corrected chi connectivity index (χ3v) is 3.70. The third kappa shape index (κ3) is 8.18. The minimum absolute atomic E-state index is 0.115. The Kier molecular flexibility index (Phi) is 11.5. The molecule has 0 spiro atoms. The number of amides is 1. The van der Waals surface area contributed by atoms with Gasteiger partial charge in [0.1, 0.15) is 11.4 Å². The lowest BCUT2D eigenvalue weighted by Gasteiger charge is -2.06. The van der Waals surface area contributed by atoms with Crippen molar-refractivity contribution >= 4 is 17.5 Å². The first-order valence-corrected chi connectivity index (χ1v) is 10.6. The van der Waals surface area contributed by atoms with Crippen LogP contribution in [0.15, 0.2) is 42.6 Å². The molecule has 31 heavy (non-hydrogen) atoms. The summed E-state index contributed by atoms with van der Waals surface area (Å²) in [6.45, 7) is 10.3. The van der Waals surface area contributed by atoms with E-state index in [9.17, 15) is 4.79 Å². The number of carbonyl (C=O) groups excluding carboxylic acids is 1. The standard InChI is InChI=1S/C18H20N6O2.C3H8.C2H6/c1-12-4-3-5-13(10-12)21-18-20-7-6-14(22-18)15-11-16(24(2)23-15)17(26)19-8-9-25;1-3-2;1-2/h3-7,10-11,25H,8-9H2,1-2H3,(H,19,26)(H,20,21,22);3H2,1-2H3;1-2H3. The van der Waals surface area contributed by atoms with Crippen molar-refractivity contribution in [3.63, 3.8) is 0 Å². The molecular weight excluding hydrogens is 392 g/mol. The molecule has 2 aromatic heterocycles. The molecule has 0 unspecified atom stereocenters. The number of rotatable bonds is 6. The fraction of sp³-hybridized carbons (Fsp3) is 0.391. The summed E-state index contributed by atoms with van der Waals surface area (Å²) in [5, 5.41) is 18.9. The van der Waals surface area contributed by atoms with Crippen LogP contribution >= 0.6 is 0 Å². The molecule has 3 rings (SSSR count). The third-order valence-electron chi connectivity index (χ3n) is 3.70. The van der Waals surface area contributed by atoms with Gasteiger partial charge in [0.25, 0.3) is 5.91 Å². The van der Waals surface area contributed by atoms with Crippen LogP contribution in [0.2, 0.25) is 0 Å². The van der Waals surface area contributed by atoms with Crippen molar-refractivity contribution in [2.45, 2.75) is 41.0 Å². The monoisotopic (exact) mass is 426 g/mol. The molecule has 1 amide bonds. The van der Waals surface area contributed by atoms with Crippen LogP contribution in [0.25, 0.3) is 11.4 Å². The Morgan fingerprint density at radius 1 is 1.13 bits per heavy atom. The Balaban J connectivity index is 0.000000884. The molecule has 0 aliphatic heterocycles. The molecule has 0 bridgehead atoms. The topological polar surface area (TPSA) is 105 Å². The van der Waals surface area contributed by atoms with Crippen LogP contribution in [-0.4, -0.2) is 43.9 Å². The van der Waals surface area contributed by atoms with Crippen molar-refractivity contribution in [3.8, 4) is 11.4 Å². The van der Waals surface area contributed by atoms with E-state index in [0.717, 1.165) is 11.3 Å². The predicted molar refractivity (Wildman–Crippen MR) is 125 cm³/mol. The highest BCUT2D eigenvalue weighted by atomic mass is 16.3. The fourth-order valence-corrected chi connectivity index (χ4v) is 2.48. The summed E-state index contributed by atoms with van der Waals surface area (Å²) in [6, 6.07) is 11.3. The van der Waals surface area contributed by atoms with Gasteiger partial charge in [0.15, 0.2) is 0 Å². The van der Waals surface area contributed by atoms with Crippen molar-refractivity contribution < 1.29 is 9.90 Å². The summed E-state index contributed by atoms with van der Waals surface area (Å²) < 4.78 is 1.48. The summed E-state index contributed by atoms with van der Waals surface area (Å²) in [5.74, 6) is 0.150. The van der Waals surface area contributed by atoms with E-state index in [1.54, 1.807) is 25.4 Å². The van der Waals surface area contributed by atoms with Crippen molar-refractivity contribution in [2.75, 3.05) is 18.5 Å². The fourth-order valence-electron chi connectivity index (χ4n) is 2.48. The van der Waals surface area contributed by atoms with E-state index in [1.807, 2.05) is 45.0 Å². The Hall–Kier alpha value is -3.26. The molecule has 168 valence electrons. The highest BCUT2D eigenvalue weighted by Crippen LogP contribution is 2.20. The molecule has 0 radical (unpaired) electrons. The van der Waals surface area contributed by atoms with Crippen LogP contribution in [0.3, 0.4) is 0 Å². The number of nitrogens with zero attached hydrogens (tertiary/aromatic N) is 4. The molecule has 8 heteroatoms. The number of aryl methyl sites for hydroxylation is 2. The summed E-state index contributed by atoms with van der Waals surface area (Å²) >= 11 is 0. The second-order valence-corrected chi connectivity index (χ2v) is 6.49. The van der Waals surface area contributed by atoms with Crippen LogP contribution in [0.5, 0.6) is 0 Å². The van der Waals surface area contributed by atoms with Gasteiger partial charge in [-0.3, -0.25) is 9.48 Å². The van der Waals surface area contributed by atoms with E-state index < -0.39 is 0 Å². The lowest BCUT2D eigenvalue weighted by molar-refractivity contribution is 0.0935. The zero-order chi connectivity index (χ0) is 23.2. The number of hydrogen-bond donors (Lipinski definition) is 3. The summed E-state index contributed by atoms with van der Waals surface area (Å²) in [4.78, 5) is 20.8. The van der Waals surface area contributed by atoms with Crippen LogP contribution in [0, 0.1) is 6.92 Å². The summed E-state index contributed by atoms with van der Waals surface area (Å²) in [6.07, 6.45) is 2.89. The first-order chi connectivity index (χ1) is 15.0. The van der Waals surface area contributed by atoms with Gasteiger partial charge in [-0.2, -0.15) is 5.10 Å². The highest BCUT2D eigenvalue weighted by Gasteiger charge is 2.15. The van der Waals surface area contributed by atoms with Crippen molar-refractivity contribution in [1.29, 1.82) is 0 Å². The molecule has 0 aliphatic rings. The predicted octanol–water partition coefficient (Wildman–Crippen LogP) is 4.09. The Morgan fingerprint density at radius 2 is 1.84 bits per heavy atom. The van der Waals surface area contributed by atoms with E-state index in [4.69, 9.17) is 5.11 Å². The maximum absolute atomic E-state index is 12.1. The second kappa shape index (κ2) is 13.9. The largest absolute Gasteiger partial charge is 0.395 e. The lowest BCUT2D eigenvalue weighted by atomic mass is 10.2. The van der Waals surface area contributed by atoms with Gasteiger partial charge in [0.05, 0.1) is 12.3 Å². The average Bonchev–Trinajstić information content (AvgIpc) is 3.16. The van der Waals surface area contributed by atoms with E-state index in [2.05, 4.69) is 39.5 Å². The number of aliphatic hydroxyl groups excluding tert-OH is 1. The molecule has 0 aliphatic carbocycles. The minimum Gasteiger partial charge on any atom is -0.395 e. The molecule has 0 saturated carbocycles.